The third-order valence-electron chi connectivity index (χ3n) is 3.46. The van der Waals surface area contributed by atoms with Crippen LogP contribution in [0.25, 0.3) is 0 Å². The van der Waals surface area contributed by atoms with E-state index in [1.807, 2.05) is 68.4 Å². The van der Waals surface area contributed by atoms with Gasteiger partial charge in [-0.05, 0) is 30.2 Å². The minimum absolute atomic E-state index is 0.0507. The third-order valence-corrected chi connectivity index (χ3v) is 3.46. The Morgan fingerprint density at radius 2 is 1.81 bits per heavy atom. The highest BCUT2D eigenvalue weighted by molar-refractivity contribution is 5.92. The molecule has 0 aliphatic carbocycles. The van der Waals surface area contributed by atoms with Crippen LogP contribution in [0.2, 0.25) is 0 Å². The summed E-state index contributed by atoms with van der Waals surface area (Å²) in [6.45, 7) is 1.96. The van der Waals surface area contributed by atoms with Gasteiger partial charge in [0.2, 0.25) is 5.91 Å². The lowest BCUT2D eigenvalue weighted by atomic mass is 10.0. The van der Waals surface area contributed by atoms with E-state index in [4.69, 9.17) is 0 Å². The average Bonchev–Trinajstić information content (AvgIpc) is 2.48. The molecule has 1 atom stereocenters. The monoisotopic (exact) mass is 282 g/mol. The lowest BCUT2D eigenvalue weighted by Crippen LogP contribution is -2.22. The number of carbonyl (C=O) groups is 1. The van der Waals surface area contributed by atoms with Crippen molar-refractivity contribution in [2.45, 2.75) is 13.3 Å². The van der Waals surface area contributed by atoms with Crippen molar-refractivity contribution in [1.82, 2.24) is 0 Å². The molecule has 0 fully saturated rings. The van der Waals surface area contributed by atoms with Gasteiger partial charge in [0.15, 0.2) is 0 Å². The molecule has 110 valence electrons. The van der Waals surface area contributed by atoms with Crippen LogP contribution >= 0.6 is 0 Å². The van der Waals surface area contributed by atoms with Gasteiger partial charge < -0.3 is 10.2 Å². The fraction of sp³-hybridized carbons (Fsp3) is 0.278. The standard InChI is InChI=1S/C18H22N2O/c1-14(12-15-8-5-4-6-9-15)18(21)19-16-10-7-11-17(13-16)20(2)3/h4-11,13-14H,12H2,1-3H3,(H,19,21)/t14-/m0/s1. The zero-order chi connectivity index (χ0) is 15.2. The van der Waals surface area contributed by atoms with Crippen molar-refractivity contribution in [2.75, 3.05) is 24.3 Å². The van der Waals surface area contributed by atoms with Crippen molar-refractivity contribution in [1.29, 1.82) is 0 Å². The topological polar surface area (TPSA) is 32.3 Å². The molecule has 0 unspecified atom stereocenters. The fourth-order valence-electron chi connectivity index (χ4n) is 2.19. The third kappa shape index (κ3) is 4.35. The van der Waals surface area contributed by atoms with Crippen LogP contribution < -0.4 is 10.2 Å². The highest BCUT2D eigenvalue weighted by Crippen LogP contribution is 2.18. The van der Waals surface area contributed by atoms with Crippen molar-refractivity contribution >= 4 is 17.3 Å². The maximum Gasteiger partial charge on any atom is 0.227 e. The molecule has 2 aromatic rings. The van der Waals surface area contributed by atoms with E-state index in [0.29, 0.717) is 0 Å². The zero-order valence-corrected chi connectivity index (χ0v) is 12.8. The maximum atomic E-state index is 12.3. The first-order valence-electron chi connectivity index (χ1n) is 7.18. The van der Waals surface area contributed by atoms with Gasteiger partial charge in [0.05, 0.1) is 0 Å². The van der Waals surface area contributed by atoms with Gasteiger partial charge in [-0.3, -0.25) is 4.79 Å². The second kappa shape index (κ2) is 6.93. The number of rotatable bonds is 5. The molecular formula is C18H22N2O. The number of benzene rings is 2. The first-order valence-corrected chi connectivity index (χ1v) is 7.18. The molecule has 1 N–H and O–H groups in total. The number of hydrogen-bond acceptors (Lipinski definition) is 2. The van der Waals surface area contributed by atoms with Gasteiger partial charge in [-0.25, -0.2) is 0 Å². The Balaban J connectivity index is 1.99. The van der Waals surface area contributed by atoms with E-state index in [0.717, 1.165) is 17.8 Å². The molecule has 0 spiro atoms. The lowest BCUT2D eigenvalue weighted by Gasteiger charge is -2.16. The molecule has 0 bridgehead atoms. The van der Waals surface area contributed by atoms with Crippen LogP contribution in [0, 0.1) is 5.92 Å². The second-order valence-corrected chi connectivity index (χ2v) is 5.52. The van der Waals surface area contributed by atoms with Gasteiger partial charge in [-0.1, -0.05) is 43.3 Å². The quantitative estimate of drug-likeness (QED) is 0.909. The highest BCUT2D eigenvalue weighted by atomic mass is 16.1. The molecule has 2 aromatic carbocycles. The fourth-order valence-corrected chi connectivity index (χ4v) is 2.19. The Morgan fingerprint density at radius 1 is 1.10 bits per heavy atom. The van der Waals surface area contributed by atoms with Gasteiger partial charge in [0, 0.05) is 31.4 Å². The summed E-state index contributed by atoms with van der Waals surface area (Å²) in [5, 5.41) is 2.99. The Bertz CT molecular complexity index is 593. The van der Waals surface area contributed by atoms with Crippen LogP contribution in [0.3, 0.4) is 0 Å². The average molecular weight is 282 g/mol. The summed E-state index contributed by atoms with van der Waals surface area (Å²) in [5.41, 5.74) is 3.09. The molecule has 3 nitrogen and oxygen atoms in total. The van der Waals surface area contributed by atoms with Gasteiger partial charge in [0.25, 0.3) is 0 Å². The smallest absolute Gasteiger partial charge is 0.227 e. The number of amides is 1. The largest absolute Gasteiger partial charge is 0.378 e. The van der Waals surface area contributed by atoms with E-state index in [1.54, 1.807) is 0 Å². The van der Waals surface area contributed by atoms with E-state index < -0.39 is 0 Å². The molecule has 21 heavy (non-hydrogen) atoms. The van der Waals surface area contributed by atoms with Crippen molar-refractivity contribution < 1.29 is 4.79 Å². The summed E-state index contributed by atoms with van der Waals surface area (Å²) < 4.78 is 0. The molecule has 0 saturated carbocycles. The predicted molar refractivity (Wildman–Crippen MR) is 88.7 cm³/mol. The molecular weight excluding hydrogens is 260 g/mol. The normalized spacial score (nSPS) is 11.8. The molecule has 0 aromatic heterocycles. The van der Waals surface area contributed by atoms with E-state index in [1.165, 1.54) is 5.56 Å². The maximum absolute atomic E-state index is 12.3. The summed E-state index contributed by atoms with van der Waals surface area (Å²) >= 11 is 0. The number of hydrogen-bond donors (Lipinski definition) is 1. The van der Waals surface area contributed by atoms with Crippen LogP contribution in [-0.2, 0) is 11.2 Å². The highest BCUT2D eigenvalue weighted by Gasteiger charge is 2.13. The van der Waals surface area contributed by atoms with Crippen molar-refractivity contribution in [2.24, 2.45) is 5.92 Å². The summed E-state index contributed by atoms with van der Waals surface area (Å²) in [4.78, 5) is 14.3. The SMILES string of the molecule is C[C@@H](Cc1ccccc1)C(=O)Nc1cccc(N(C)C)c1. The molecule has 0 heterocycles. The van der Waals surface area contributed by atoms with Crippen molar-refractivity contribution in [3.05, 3.63) is 60.2 Å². The van der Waals surface area contributed by atoms with E-state index in [-0.39, 0.29) is 11.8 Å². The summed E-state index contributed by atoms with van der Waals surface area (Å²) in [6.07, 6.45) is 0.750. The molecule has 0 radical (unpaired) electrons. The number of nitrogens with one attached hydrogen (secondary N) is 1. The number of nitrogens with zero attached hydrogens (tertiary/aromatic N) is 1. The zero-order valence-electron chi connectivity index (χ0n) is 12.8. The molecule has 1 amide bonds. The molecule has 0 aliphatic heterocycles. The Kier molecular flexibility index (Phi) is 4.99. The second-order valence-electron chi connectivity index (χ2n) is 5.52. The van der Waals surface area contributed by atoms with Crippen LogP contribution in [0.15, 0.2) is 54.6 Å². The van der Waals surface area contributed by atoms with Gasteiger partial charge in [-0.15, -0.1) is 0 Å². The van der Waals surface area contributed by atoms with Crippen LogP contribution in [0.1, 0.15) is 12.5 Å². The number of anilines is 2. The Hall–Kier alpha value is -2.29. The minimum Gasteiger partial charge on any atom is -0.378 e. The predicted octanol–water partition coefficient (Wildman–Crippen LogP) is 3.57. The molecule has 0 aliphatic rings. The van der Waals surface area contributed by atoms with Crippen LogP contribution in [0.4, 0.5) is 11.4 Å². The van der Waals surface area contributed by atoms with Crippen molar-refractivity contribution in [3.63, 3.8) is 0 Å². The molecule has 3 heteroatoms. The van der Waals surface area contributed by atoms with Gasteiger partial charge >= 0.3 is 0 Å². The van der Waals surface area contributed by atoms with Crippen LogP contribution in [-0.4, -0.2) is 20.0 Å². The Morgan fingerprint density at radius 3 is 2.48 bits per heavy atom. The van der Waals surface area contributed by atoms with Gasteiger partial charge in [-0.2, -0.15) is 0 Å². The Labute approximate surface area is 126 Å². The first kappa shape index (κ1) is 15.1. The summed E-state index contributed by atoms with van der Waals surface area (Å²) in [7, 11) is 3.97. The minimum atomic E-state index is -0.0598. The molecule has 0 saturated heterocycles. The lowest BCUT2D eigenvalue weighted by molar-refractivity contribution is -0.119. The van der Waals surface area contributed by atoms with E-state index in [2.05, 4.69) is 17.4 Å². The van der Waals surface area contributed by atoms with Gasteiger partial charge in [0.1, 0.15) is 0 Å². The number of carbonyl (C=O) groups excluding carboxylic acids is 1. The first-order chi connectivity index (χ1) is 10.1. The van der Waals surface area contributed by atoms with E-state index >= 15 is 0 Å². The van der Waals surface area contributed by atoms with Crippen molar-refractivity contribution in [3.8, 4) is 0 Å². The molecule has 2 rings (SSSR count). The summed E-state index contributed by atoms with van der Waals surface area (Å²) in [5.74, 6) is -0.00910. The summed E-state index contributed by atoms with van der Waals surface area (Å²) in [6, 6.07) is 18.0. The van der Waals surface area contributed by atoms with E-state index in [9.17, 15) is 4.79 Å². The van der Waals surface area contributed by atoms with Crippen LogP contribution in [0.5, 0.6) is 0 Å².